The van der Waals surface area contributed by atoms with Gasteiger partial charge in [-0.05, 0) is 37.3 Å². The van der Waals surface area contributed by atoms with Crippen LogP contribution in [0.2, 0.25) is 0 Å². The lowest BCUT2D eigenvalue weighted by atomic mass is 9.93. The zero-order valence-corrected chi connectivity index (χ0v) is 15.9. The molecule has 1 aliphatic rings. The molecule has 1 aromatic rings. The number of ether oxygens (including phenoxy) is 2. The van der Waals surface area contributed by atoms with Gasteiger partial charge in [-0.15, -0.1) is 0 Å². The van der Waals surface area contributed by atoms with E-state index in [1.807, 2.05) is 12.1 Å². The molecule has 5 heteroatoms. The molecular weight excluding hydrogens is 314 g/mol. The number of hydrogen-bond donors (Lipinski definition) is 2. The molecule has 0 saturated heterocycles. The van der Waals surface area contributed by atoms with Gasteiger partial charge < -0.3 is 20.1 Å². The van der Waals surface area contributed by atoms with Crippen molar-refractivity contribution in [1.29, 1.82) is 0 Å². The van der Waals surface area contributed by atoms with Gasteiger partial charge in [0.15, 0.2) is 5.96 Å². The van der Waals surface area contributed by atoms with Crippen LogP contribution in [0, 0.1) is 5.92 Å². The highest BCUT2D eigenvalue weighted by Crippen LogP contribution is 2.33. The van der Waals surface area contributed by atoms with E-state index in [0.717, 1.165) is 64.0 Å². The lowest BCUT2D eigenvalue weighted by Gasteiger charge is -2.25. The first-order chi connectivity index (χ1) is 12.2. The van der Waals surface area contributed by atoms with E-state index in [9.17, 15) is 0 Å². The number of aliphatic imine (C=N–C) groups is 1. The third-order valence-corrected chi connectivity index (χ3v) is 4.11. The third kappa shape index (κ3) is 6.94. The standard InChI is InChI=1S/C20H33N3O2/c1-4-21-20(22-11-7-12-24-15-16(2)3)23-14-17-10-13-25-19-9-6-5-8-18(17)19/h5-6,8-9,16-17H,4,7,10-15H2,1-3H3,(H2,21,22,23). The van der Waals surface area contributed by atoms with E-state index in [-0.39, 0.29) is 0 Å². The molecule has 0 amide bonds. The maximum Gasteiger partial charge on any atom is 0.191 e. The van der Waals surface area contributed by atoms with Crippen LogP contribution in [0.1, 0.15) is 45.1 Å². The average Bonchev–Trinajstić information content (AvgIpc) is 2.62. The molecule has 0 bridgehead atoms. The van der Waals surface area contributed by atoms with Gasteiger partial charge in [-0.2, -0.15) is 0 Å². The van der Waals surface area contributed by atoms with Crippen LogP contribution in [-0.4, -0.2) is 45.4 Å². The van der Waals surface area contributed by atoms with E-state index in [2.05, 4.69) is 43.5 Å². The van der Waals surface area contributed by atoms with Gasteiger partial charge in [0.2, 0.25) is 0 Å². The van der Waals surface area contributed by atoms with E-state index >= 15 is 0 Å². The first kappa shape index (κ1) is 19.6. The fraction of sp³-hybridized carbons (Fsp3) is 0.650. The summed E-state index contributed by atoms with van der Waals surface area (Å²) in [6, 6.07) is 8.30. The molecule has 140 valence electrons. The van der Waals surface area contributed by atoms with Crippen LogP contribution in [-0.2, 0) is 4.74 Å². The van der Waals surface area contributed by atoms with Crippen LogP contribution < -0.4 is 15.4 Å². The first-order valence-electron chi connectivity index (χ1n) is 9.52. The predicted molar refractivity (Wildman–Crippen MR) is 104 cm³/mol. The van der Waals surface area contributed by atoms with E-state index in [1.54, 1.807) is 0 Å². The SMILES string of the molecule is CCNC(=NCC1CCOc2ccccc21)NCCCOCC(C)C. The topological polar surface area (TPSA) is 54.9 Å². The van der Waals surface area contributed by atoms with Crippen LogP contribution in [0.3, 0.4) is 0 Å². The zero-order chi connectivity index (χ0) is 17.9. The minimum Gasteiger partial charge on any atom is -0.493 e. The van der Waals surface area contributed by atoms with Gasteiger partial charge in [-0.3, -0.25) is 4.99 Å². The molecular formula is C20H33N3O2. The Morgan fingerprint density at radius 3 is 2.96 bits per heavy atom. The minimum absolute atomic E-state index is 0.426. The lowest BCUT2D eigenvalue weighted by Crippen LogP contribution is -2.38. The second-order valence-corrected chi connectivity index (χ2v) is 6.84. The molecule has 0 saturated carbocycles. The number of guanidine groups is 1. The Morgan fingerprint density at radius 1 is 1.32 bits per heavy atom. The molecule has 0 aromatic heterocycles. The molecule has 0 aliphatic carbocycles. The minimum atomic E-state index is 0.426. The maximum absolute atomic E-state index is 5.73. The summed E-state index contributed by atoms with van der Waals surface area (Å²) in [7, 11) is 0. The van der Waals surface area contributed by atoms with Crippen molar-refractivity contribution in [2.24, 2.45) is 10.9 Å². The summed E-state index contributed by atoms with van der Waals surface area (Å²) in [5.41, 5.74) is 1.27. The normalized spacial score (nSPS) is 17.1. The van der Waals surface area contributed by atoms with Crippen LogP contribution in [0.5, 0.6) is 5.75 Å². The number of hydrogen-bond acceptors (Lipinski definition) is 3. The van der Waals surface area contributed by atoms with E-state index in [1.165, 1.54) is 5.56 Å². The van der Waals surface area contributed by atoms with Crippen LogP contribution in [0.25, 0.3) is 0 Å². The van der Waals surface area contributed by atoms with Crippen molar-refractivity contribution in [3.05, 3.63) is 29.8 Å². The molecule has 1 unspecified atom stereocenters. The second kappa shape index (κ2) is 11.0. The number of para-hydroxylation sites is 1. The highest BCUT2D eigenvalue weighted by molar-refractivity contribution is 5.79. The summed E-state index contributed by atoms with van der Waals surface area (Å²) < 4.78 is 11.4. The van der Waals surface area contributed by atoms with Crippen molar-refractivity contribution in [1.82, 2.24) is 10.6 Å². The van der Waals surface area contributed by atoms with Crippen LogP contribution in [0.15, 0.2) is 29.3 Å². The summed E-state index contributed by atoms with van der Waals surface area (Å²) in [4.78, 5) is 4.78. The Hall–Kier alpha value is -1.75. The summed E-state index contributed by atoms with van der Waals surface area (Å²) in [6.07, 6.45) is 2.00. The quantitative estimate of drug-likeness (QED) is 0.409. The van der Waals surface area contributed by atoms with Crippen molar-refractivity contribution < 1.29 is 9.47 Å². The summed E-state index contributed by atoms with van der Waals surface area (Å²) in [6.45, 7) is 11.3. The summed E-state index contributed by atoms with van der Waals surface area (Å²) in [5.74, 6) is 2.91. The molecule has 0 fully saturated rings. The van der Waals surface area contributed by atoms with E-state index < -0.39 is 0 Å². The Kier molecular flexibility index (Phi) is 8.60. The fourth-order valence-corrected chi connectivity index (χ4v) is 2.85. The molecule has 0 radical (unpaired) electrons. The smallest absolute Gasteiger partial charge is 0.191 e. The van der Waals surface area contributed by atoms with Crippen LogP contribution >= 0.6 is 0 Å². The molecule has 0 spiro atoms. The lowest BCUT2D eigenvalue weighted by molar-refractivity contribution is 0.108. The largest absolute Gasteiger partial charge is 0.493 e. The molecule has 1 atom stereocenters. The van der Waals surface area contributed by atoms with Gasteiger partial charge in [0, 0.05) is 38.8 Å². The molecule has 25 heavy (non-hydrogen) atoms. The Balaban J connectivity index is 1.79. The van der Waals surface area contributed by atoms with Gasteiger partial charge in [-0.25, -0.2) is 0 Å². The molecule has 1 aromatic carbocycles. The molecule has 2 N–H and O–H groups in total. The summed E-state index contributed by atoms with van der Waals surface area (Å²) >= 11 is 0. The third-order valence-electron chi connectivity index (χ3n) is 4.11. The zero-order valence-electron chi connectivity index (χ0n) is 15.9. The number of nitrogens with one attached hydrogen (secondary N) is 2. The number of rotatable bonds is 9. The Bertz CT molecular complexity index is 531. The molecule has 1 heterocycles. The van der Waals surface area contributed by atoms with Crippen molar-refractivity contribution in [2.45, 2.75) is 39.5 Å². The number of nitrogens with zero attached hydrogens (tertiary/aromatic N) is 1. The van der Waals surface area contributed by atoms with E-state index in [4.69, 9.17) is 14.5 Å². The summed E-state index contributed by atoms with van der Waals surface area (Å²) in [5, 5.41) is 6.72. The second-order valence-electron chi connectivity index (χ2n) is 6.84. The molecule has 2 rings (SSSR count). The Morgan fingerprint density at radius 2 is 2.16 bits per heavy atom. The van der Waals surface area contributed by atoms with Gasteiger partial charge >= 0.3 is 0 Å². The highest BCUT2D eigenvalue weighted by atomic mass is 16.5. The predicted octanol–water partition coefficient (Wildman–Crippen LogP) is 3.17. The van der Waals surface area contributed by atoms with Crippen LogP contribution in [0.4, 0.5) is 0 Å². The maximum atomic E-state index is 5.73. The van der Waals surface area contributed by atoms with Gasteiger partial charge in [-0.1, -0.05) is 32.0 Å². The first-order valence-corrected chi connectivity index (χ1v) is 9.52. The van der Waals surface area contributed by atoms with Crippen molar-refractivity contribution in [3.63, 3.8) is 0 Å². The Labute approximate surface area is 152 Å². The van der Waals surface area contributed by atoms with E-state index in [0.29, 0.717) is 11.8 Å². The van der Waals surface area contributed by atoms with Crippen molar-refractivity contribution >= 4 is 5.96 Å². The fourth-order valence-electron chi connectivity index (χ4n) is 2.85. The van der Waals surface area contributed by atoms with Crippen molar-refractivity contribution in [3.8, 4) is 5.75 Å². The molecule has 5 nitrogen and oxygen atoms in total. The van der Waals surface area contributed by atoms with Gasteiger partial charge in [0.1, 0.15) is 5.75 Å². The highest BCUT2D eigenvalue weighted by Gasteiger charge is 2.20. The average molecular weight is 348 g/mol. The van der Waals surface area contributed by atoms with Gasteiger partial charge in [0.25, 0.3) is 0 Å². The van der Waals surface area contributed by atoms with Gasteiger partial charge in [0.05, 0.1) is 6.61 Å². The number of benzene rings is 1. The van der Waals surface area contributed by atoms with Crippen molar-refractivity contribution in [2.75, 3.05) is 39.5 Å². The number of fused-ring (bicyclic) bond motifs is 1. The molecule has 1 aliphatic heterocycles. The monoisotopic (exact) mass is 347 g/mol.